The maximum absolute atomic E-state index is 4.78. The van der Waals surface area contributed by atoms with Crippen LogP contribution >= 0.6 is 0 Å². The second kappa shape index (κ2) is 9.87. The van der Waals surface area contributed by atoms with Gasteiger partial charge in [0.25, 0.3) is 0 Å². The van der Waals surface area contributed by atoms with Gasteiger partial charge in [-0.2, -0.15) is 0 Å². The van der Waals surface area contributed by atoms with E-state index in [0.29, 0.717) is 0 Å². The molecule has 0 saturated heterocycles. The fraction of sp³-hybridized carbons (Fsp3) is 0.105. The molecule has 198 valence electrons. The van der Waals surface area contributed by atoms with Crippen molar-refractivity contribution in [2.45, 2.75) is 26.2 Å². The highest BCUT2D eigenvalue weighted by molar-refractivity contribution is 6.03. The fourth-order valence-electron chi connectivity index (χ4n) is 5.75. The van der Waals surface area contributed by atoms with Crippen molar-refractivity contribution in [2.75, 3.05) is 4.90 Å². The van der Waals surface area contributed by atoms with E-state index in [-0.39, 0.29) is 5.41 Å². The summed E-state index contributed by atoms with van der Waals surface area (Å²) in [7, 11) is 0. The molecule has 0 atom stereocenters. The number of pyridine rings is 2. The van der Waals surface area contributed by atoms with Crippen LogP contribution in [0.25, 0.3) is 44.8 Å². The van der Waals surface area contributed by atoms with Crippen LogP contribution in [0.2, 0.25) is 0 Å². The van der Waals surface area contributed by atoms with Gasteiger partial charge in [0.2, 0.25) is 0 Å². The summed E-state index contributed by atoms with van der Waals surface area (Å²) in [6, 6.07) is 43.3. The largest absolute Gasteiger partial charge is 0.309 e. The standard InChI is InChI=1S/C38H31N3/c1-38(2,3)28-20-22-40-35(25-28)26-11-10-12-29(23-26)41-36-17-7-6-15-32(36)30-13-4-5-14-31(30)33-19-18-27(24-37(33)41)34-16-8-9-21-39-34/h4-25H,1-3H3. The molecular weight excluding hydrogens is 498 g/mol. The van der Waals surface area contributed by atoms with Crippen molar-refractivity contribution in [3.8, 4) is 44.8 Å². The van der Waals surface area contributed by atoms with Crippen LogP contribution in [0.1, 0.15) is 26.3 Å². The molecule has 3 heterocycles. The van der Waals surface area contributed by atoms with Crippen molar-refractivity contribution < 1.29 is 0 Å². The zero-order valence-electron chi connectivity index (χ0n) is 23.5. The number of hydrogen-bond acceptors (Lipinski definition) is 3. The molecule has 3 nitrogen and oxygen atoms in total. The summed E-state index contributed by atoms with van der Waals surface area (Å²) in [5, 5.41) is 0. The van der Waals surface area contributed by atoms with Crippen LogP contribution < -0.4 is 4.90 Å². The summed E-state index contributed by atoms with van der Waals surface area (Å²) in [5.74, 6) is 0. The minimum absolute atomic E-state index is 0.0472. The first kappa shape index (κ1) is 25.0. The predicted octanol–water partition coefficient (Wildman–Crippen LogP) is 10.2. The van der Waals surface area contributed by atoms with Gasteiger partial charge >= 0.3 is 0 Å². The highest BCUT2D eigenvalue weighted by Crippen LogP contribution is 2.51. The Morgan fingerprint density at radius 3 is 1.93 bits per heavy atom. The zero-order chi connectivity index (χ0) is 28.0. The molecule has 0 bridgehead atoms. The van der Waals surface area contributed by atoms with E-state index in [0.717, 1.165) is 39.6 Å². The van der Waals surface area contributed by atoms with Crippen molar-refractivity contribution in [3.05, 3.63) is 139 Å². The van der Waals surface area contributed by atoms with Crippen molar-refractivity contribution in [3.63, 3.8) is 0 Å². The topological polar surface area (TPSA) is 29.0 Å². The van der Waals surface area contributed by atoms with Gasteiger partial charge in [0, 0.05) is 40.3 Å². The Balaban J connectivity index is 1.48. The smallest absolute Gasteiger partial charge is 0.0705 e. The van der Waals surface area contributed by atoms with Crippen LogP contribution in [0.4, 0.5) is 17.1 Å². The van der Waals surface area contributed by atoms with Gasteiger partial charge in [-0.25, -0.2) is 0 Å². The van der Waals surface area contributed by atoms with Gasteiger partial charge < -0.3 is 4.90 Å². The fourth-order valence-corrected chi connectivity index (χ4v) is 5.75. The first-order chi connectivity index (χ1) is 20.0. The van der Waals surface area contributed by atoms with Gasteiger partial charge in [0.15, 0.2) is 0 Å². The van der Waals surface area contributed by atoms with E-state index >= 15 is 0 Å². The van der Waals surface area contributed by atoms with Gasteiger partial charge in [-0.05, 0) is 70.6 Å². The van der Waals surface area contributed by atoms with E-state index in [9.17, 15) is 0 Å². The lowest BCUT2D eigenvalue weighted by atomic mass is 9.87. The summed E-state index contributed by atoms with van der Waals surface area (Å²) in [6.07, 6.45) is 3.78. The van der Waals surface area contributed by atoms with Crippen molar-refractivity contribution >= 4 is 17.1 Å². The monoisotopic (exact) mass is 529 g/mol. The lowest BCUT2D eigenvalue weighted by Gasteiger charge is -2.28. The van der Waals surface area contributed by atoms with Crippen LogP contribution in [0, 0.1) is 0 Å². The average Bonchev–Trinajstić information content (AvgIpc) is 3.14. The Morgan fingerprint density at radius 2 is 1.17 bits per heavy atom. The number of fused-ring (bicyclic) bond motifs is 5. The van der Waals surface area contributed by atoms with Crippen LogP contribution in [0.5, 0.6) is 0 Å². The number of anilines is 3. The number of rotatable bonds is 3. The van der Waals surface area contributed by atoms with Crippen molar-refractivity contribution in [1.82, 2.24) is 9.97 Å². The van der Waals surface area contributed by atoms with E-state index < -0.39 is 0 Å². The Bertz CT molecular complexity index is 1880. The molecule has 3 heteroatoms. The minimum atomic E-state index is 0.0472. The highest BCUT2D eigenvalue weighted by Gasteiger charge is 2.26. The zero-order valence-corrected chi connectivity index (χ0v) is 23.5. The predicted molar refractivity (Wildman–Crippen MR) is 171 cm³/mol. The van der Waals surface area contributed by atoms with Gasteiger partial charge in [-0.1, -0.05) is 93.6 Å². The summed E-state index contributed by atoms with van der Waals surface area (Å²) in [6.45, 7) is 6.72. The third kappa shape index (κ3) is 4.50. The van der Waals surface area contributed by atoms with Crippen LogP contribution in [-0.4, -0.2) is 9.97 Å². The van der Waals surface area contributed by atoms with Gasteiger partial charge in [0.05, 0.1) is 22.8 Å². The van der Waals surface area contributed by atoms with E-state index in [4.69, 9.17) is 4.98 Å². The maximum atomic E-state index is 4.78. The molecule has 0 amide bonds. The molecule has 6 aromatic rings. The summed E-state index contributed by atoms with van der Waals surface area (Å²) in [5.41, 5.74) is 13.6. The first-order valence-electron chi connectivity index (χ1n) is 14.1. The molecule has 0 spiro atoms. The summed E-state index contributed by atoms with van der Waals surface area (Å²) < 4.78 is 0. The Kier molecular flexibility index (Phi) is 6.01. The first-order valence-corrected chi connectivity index (χ1v) is 14.1. The Labute approximate surface area is 241 Å². The molecule has 2 aromatic heterocycles. The van der Waals surface area contributed by atoms with E-state index in [1.165, 1.54) is 27.8 Å². The SMILES string of the molecule is CC(C)(C)c1ccnc(-c2cccc(N3c4ccccc4-c4ccccc4-c4ccc(-c5ccccn5)cc43)c2)c1. The number of aromatic nitrogens is 2. The van der Waals surface area contributed by atoms with Gasteiger partial charge in [0.1, 0.15) is 0 Å². The molecule has 1 aliphatic rings. The third-order valence-corrected chi connectivity index (χ3v) is 7.88. The molecule has 1 aliphatic heterocycles. The quantitative estimate of drug-likeness (QED) is 0.228. The molecule has 4 aromatic carbocycles. The summed E-state index contributed by atoms with van der Waals surface area (Å²) >= 11 is 0. The van der Waals surface area contributed by atoms with E-state index in [2.05, 4.69) is 140 Å². The third-order valence-electron chi connectivity index (χ3n) is 7.88. The molecule has 0 aliphatic carbocycles. The van der Waals surface area contributed by atoms with Crippen molar-refractivity contribution in [1.29, 1.82) is 0 Å². The Morgan fingerprint density at radius 1 is 0.488 bits per heavy atom. The van der Waals surface area contributed by atoms with Gasteiger partial charge in [-0.3, -0.25) is 9.97 Å². The molecule has 0 fully saturated rings. The van der Waals surface area contributed by atoms with Crippen LogP contribution in [0.15, 0.2) is 134 Å². The van der Waals surface area contributed by atoms with E-state index in [1.807, 2.05) is 24.5 Å². The molecule has 7 rings (SSSR count). The maximum Gasteiger partial charge on any atom is 0.0705 e. The average molecular weight is 530 g/mol. The number of para-hydroxylation sites is 1. The number of nitrogens with zero attached hydrogens (tertiary/aromatic N) is 3. The molecule has 0 N–H and O–H groups in total. The number of benzene rings is 4. The normalized spacial score (nSPS) is 12.2. The molecule has 41 heavy (non-hydrogen) atoms. The van der Waals surface area contributed by atoms with Gasteiger partial charge in [-0.15, -0.1) is 0 Å². The van der Waals surface area contributed by atoms with Crippen LogP contribution in [-0.2, 0) is 5.41 Å². The lowest BCUT2D eigenvalue weighted by molar-refractivity contribution is 0.589. The van der Waals surface area contributed by atoms with E-state index in [1.54, 1.807) is 0 Å². The minimum Gasteiger partial charge on any atom is -0.309 e. The molecule has 0 unspecified atom stereocenters. The van der Waals surface area contributed by atoms with Crippen molar-refractivity contribution in [2.24, 2.45) is 0 Å². The molecule has 0 radical (unpaired) electrons. The molecule has 0 saturated carbocycles. The van der Waals surface area contributed by atoms with Crippen LogP contribution in [0.3, 0.4) is 0 Å². The second-order valence-electron chi connectivity index (χ2n) is 11.6. The molecular formula is C38H31N3. The lowest BCUT2D eigenvalue weighted by Crippen LogP contribution is -2.12. The number of hydrogen-bond donors (Lipinski definition) is 0. The summed E-state index contributed by atoms with van der Waals surface area (Å²) in [4.78, 5) is 11.8. The highest BCUT2D eigenvalue weighted by atomic mass is 15.1. The second-order valence-corrected chi connectivity index (χ2v) is 11.6. The Hall–Kier alpha value is -5.02.